The number of hydrogen-bond donors (Lipinski definition) is 2. The number of carbonyl (C=O) groups excluding carboxylic acids is 1. The molecule has 0 fully saturated rings. The van der Waals surface area contributed by atoms with Crippen LogP contribution in [0.1, 0.15) is 46.8 Å². The van der Waals surface area contributed by atoms with Gasteiger partial charge in [0.25, 0.3) is 0 Å². The first-order valence-corrected chi connectivity index (χ1v) is 11.9. The number of amides is 1. The van der Waals surface area contributed by atoms with Gasteiger partial charge in [-0.3, -0.25) is 4.79 Å². The Hall–Kier alpha value is -4.07. The number of carboxylic acids is 1. The highest BCUT2D eigenvalue weighted by molar-refractivity contribution is 5.96. The van der Waals surface area contributed by atoms with E-state index in [-0.39, 0.29) is 11.5 Å². The normalized spacial score (nSPS) is 13.0. The molecule has 0 atom stereocenters. The minimum Gasteiger partial charge on any atom is -0.478 e. The molecule has 0 spiro atoms. The van der Waals surface area contributed by atoms with Gasteiger partial charge >= 0.3 is 12.1 Å². The molecule has 1 amide bonds. The molecule has 0 aromatic heterocycles. The first kappa shape index (κ1) is 27.5. The van der Waals surface area contributed by atoms with Crippen molar-refractivity contribution in [1.29, 1.82) is 0 Å². The molecule has 0 unspecified atom stereocenters. The van der Waals surface area contributed by atoms with E-state index in [1.54, 1.807) is 18.2 Å². The number of carboxylic acid groups (broad SMARTS) is 1. The molecule has 3 N–H and O–H groups in total. The Morgan fingerprint density at radius 3 is 2.35 bits per heavy atom. The number of nitrogens with zero attached hydrogens (tertiary/aromatic N) is 1. The number of halogens is 3. The number of aromatic carboxylic acids is 1. The average Bonchev–Trinajstić information content (AvgIpc) is 2.88. The van der Waals surface area contributed by atoms with Crippen LogP contribution < -0.4 is 5.73 Å². The summed E-state index contributed by atoms with van der Waals surface area (Å²) in [7, 11) is 0. The third kappa shape index (κ3) is 7.46. The lowest BCUT2D eigenvalue weighted by atomic mass is 9.99. The third-order valence-electron chi connectivity index (χ3n) is 5.97. The predicted octanol–water partition coefficient (Wildman–Crippen LogP) is 6.58. The first-order chi connectivity index (χ1) is 17.6. The summed E-state index contributed by atoms with van der Waals surface area (Å²) in [6.07, 6.45) is 2.00. The van der Waals surface area contributed by atoms with E-state index in [4.69, 9.17) is 10.8 Å². The van der Waals surface area contributed by atoms with E-state index in [1.807, 2.05) is 35.3 Å². The van der Waals surface area contributed by atoms with Crippen LogP contribution in [0.15, 0.2) is 78.9 Å². The molecular formula is C29H29F3N2O3. The van der Waals surface area contributed by atoms with Crippen LogP contribution in [0.3, 0.4) is 0 Å². The summed E-state index contributed by atoms with van der Waals surface area (Å²) >= 11 is 0. The molecule has 0 saturated carbocycles. The van der Waals surface area contributed by atoms with Crippen LogP contribution in [0, 0.1) is 0 Å². The van der Waals surface area contributed by atoms with Gasteiger partial charge in [0.2, 0.25) is 5.91 Å². The maximum absolute atomic E-state index is 12.4. The van der Waals surface area contributed by atoms with Crippen LogP contribution in [0.4, 0.5) is 18.9 Å². The number of nitrogens with two attached hydrogens (primary N) is 1. The molecule has 8 heteroatoms. The second-order valence-electron chi connectivity index (χ2n) is 8.60. The second-order valence-corrected chi connectivity index (χ2v) is 8.60. The lowest BCUT2D eigenvalue weighted by molar-refractivity contribution is -0.137. The van der Waals surface area contributed by atoms with Crippen molar-refractivity contribution >= 4 is 17.6 Å². The van der Waals surface area contributed by atoms with Crippen LogP contribution in [0.25, 0.3) is 11.1 Å². The molecule has 1 aliphatic heterocycles. The van der Waals surface area contributed by atoms with Crippen LogP contribution >= 0.6 is 0 Å². The summed E-state index contributed by atoms with van der Waals surface area (Å²) in [6.45, 7) is 3.59. The molecular weight excluding hydrogens is 481 g/mol. The lowest BCUT2D eigenvalue weighted by Crippen LogP contribution is -2.35. The highest BCUT2D eigenvalue weighted by Gasteiger charge is 2.30. The number of nitrogen functional groups attached to an aromatic ring is 1. The largest absolute Gasteiger partial charge is 0.478 e. The molecule has 0 aliphatic carbocycles. The van der Waals surface area contributed by atoms with Gasteiger partial charge in [-0.2, -0.15) is 13.2 Å². The third-order valence-corrected chi connectivity index (χ3v) is 5.97. The summed E-state index contributed by atoms with van der Waals surface area (Å²) in [5.74, 6) is -0.905. The fourth-order valence-corrected chi connectivity index (χ4v) is 4.03. The van der Waals surface area contributed by atoms with Gasteiger partial charge in [-0.15, -0.1) is 0 Å². The van der Waals surface area contributed by atoms with Crippen molar-refractivity contribution in [3.63, 3.8) is 0 Å². The van der Waals surface area contributed by atoms with Gasteiger partial charge < -0.3 is 15.7 Å². The average molecular weight is 511 g/mol. The molecule has 1 aliphatic rings. The van der Waals surface area contributed by atoms with Gasteiger partial charge in [0, 0.05) is 25.2 Å². The topological polar surface area (TPSA) is 83.6 Å². The highest BCUT2D eigenvalue weighted by Crippen LogP contribution is 2.31. The van der Waals surface area contributed by atoms with Crippen molar-refractivity contribution in [2.75, 3.05) is 12.3 Å². The molecule has 1 heterocycles. The van der Waals surface area contributed by atoms with Crippen molar-refractivity contribution in [3.05, 3.63) is 101 Å². The number of allylic oxidation sites excluding steroid dienone is 1. The molecule has 0 bridgehead atoms. The number of rotatable bonds is 5. The van der Waals surface area contributed by atoms with Gasteiger partial charge in [0.05, 0.1) is 11.1 Å². The molecule has 0 saturated heterocycles. The minimum absolute atomic E-state index is 0.0576. The number of anilines is 1. The van der Waals surface area contributed by atoms with Gasteiger partial charge in [0.15, 0.2) is 0 Å². The zero-order chi connectivity index (χ0) is 27.0. The molecule has 5 nitrogen and oxygen atoms in total. The Labute approximate surface area is 214 Å². The van der Waals surface area contributed by atoms with Crippen LogP contribution in [0.2, 0.25) is 0 Å². The number of alkyl halides is 3. The van der Waals surface area contributed by atoms with E-state index in [0.717, 1.165) is 37.2 Å². The summed E-state index contributed by atoms with van der Waals surface area (Å²) < 4.78 is 37.3. The number of hydrogen-bond acceptors (Lipinski definition) is 3. The van der Waals surface area contributed by atoms with Gasteiger partial charge in [0.1, 0.15) is 0 Å². The van der Waals surface area contributed by atoms with Crippen molar-refractivity contribution < 1.29 is 27.9 Å². The monoisotopic (exact) mass is 510 g/mol. The van der Waals surface area contributed by atoms with E-state index in [1.165, 1.54) is 29.3 Å². The molecule has 0 radical (unpaired) electrons. The van der Waals surface area contributed by atoms with Crippen LogP contribution in [0.5, 0.6) is 0 Å². The minimum atomic E-state index is -4.40. The molecule has 3 aromatic rings. The van der Waals surface area contributed by atoms with Crippen molar-refractivity contribution in [2.24, 2.45) is 0 Å². The van der Waals surface area contributed by atoms with Gasteiger partial charge in [-0.25, -0.2) is 4.79 Å². The van der Waals surface area contributed by atoms with Crippen LogP contribution in [-0.2, 0) is 23.9 Å². The fraction of sp³-hybridized carbons (Fsp3) is 0.241. The van der Waals surface area contributed by atoms with E-state index in [9.17, 15) is 22.8 Å². The maximum Gasteiger partial charge on any atom is 0.416 e. The summed E-state index contributed by atoms with van der Waals surface area (Å²) in [5.41, 5.74) is 9.20. The molecule has 4 rings (SSSR count). The standard InChI is InChI=1S/C15H20N2O.C14H9F3O2/c1-2-3-4-5-15(18)17-9-8-12-10-14(16)7-6-13(12)11-17;15-14(16,17)10-7-5-9(6-8-10)11-3-1-2-4-12(11)13(18)19/h3-4,6-7,10H,2,5,8-9,11,16H2,1H3;1-8H,(H,18,19). The van der Waals surface area contributed by atoms with E-state index < -0.39 is 17.7 Å². The van der Waals surface area contributed by atoms with Crippen molar-refractivity contribution in [1.82, 2.24) is 4.90 Å². The van der Waals surface area contributed by atoms with Crippen LogP contribution in [-0.4, -0.2) is 28.4 Å². The Morgan fingerprint density at radius 1 is 1.00 bits per heavy atom. The Kier molecular flexibility index (Phi) is 9.11. The SMILES string of the molecule is CCC=CCC(=O)N1CCc2cc(N)ccc2C1.O=C(O)c1ccccc1-c1ccc(C(F)(F)F)cc1. The first-order valence-electron chi connectivity index (χ1n) is 11.9. The highest BCUT2D eigenvalue weighted by atomic mass is 19.4. The fourth-order valence-electron chi connectivity index (χ4n) is 4.03. The lowest BCUT2D eigenvalue weighted by Gasteiger charge is -2.28. The van der Waals surface area contributed by atoms with Crippen molar-refractivity contribution in [3.8, 4) is 11.1 Å². The maximum atomic E-state index is 12.4. The van der Waals surface area contributed by atoms with Crippen molar-refractivity contribution in [2.45, 2.75) is 38.9 Å². The van der Waals surface area contributed by atoms with Gasteiger partial charge in [-0.1, -0.05) is 55.5 Å². The smallest absolute Gasteiger partial charge is 0.416 e. The predicted molar refractivity (Wildman–Crippen MR) is 138 cm³/mol. The Bertz CT molecular complexity index is 1270. The zero-order valence-corrected chi connectivity index (χ0v) is 20.5. The number of benzene rings is 3. The van der Waals surface area contributed by atoms with E-state index >= 15 is 0 Å². The van der Waals surface area contributed by atoms with E-state index in [2.05, 4.69) is 6.92 Å². The van der Waals surface area contributed by atoms with E-state index in [0.29, 0.717) is 24.1 Å². The quantitative estimate of drug-likeness (QED) is 0.300. The molecule has 3 aromatic carbocycles. The Morgan fingerprint density at radius 2 is 1.70 bits per heavy atom. The summed E-state index contributed by atoms with van der Waals surface area (Å²) in [6, 6.07) is 16.6. The summed E-state index contributed by atoms with van der Waals surface area (Å²) in [5, 5.41) is 9.03. The number of carbonyl (C=O) groups is 2. The summed E-state index contributed by atoms with van der Waals surface area (Å²) in [4.78, 5) is 25.0. The molecule has 37 heavy (non-hydrogen) atoms. The zero-order valence-electron chi connectivity index (χ0n) is 20.5. The molecule has 194 valence electrons. The Balaban J connectivity index is 0.000000206. The number of fused-ring (bicyclic) bond motifs is 1. The second kappa shape index (κ2) is 12.3. The van der Waals surface area contributed by atoms with Gasteiger partial charge in [-0.05, 0) is 65.4 Å².